The van der Waals surface area contributed by atoms with Crippen LogP contribution in [0.3, 0.4) is 0 Å². The maximum absolute atomic E-state index is 17.2. The summed E-state index contributed by atoms with van der Waals surface area (Å²) in [6.45, 7) is 11.2. The first kappa shape index (κ1) is 57.4. The van der Waals surface area contributed by atoms with Gasteiger partial charge in [-0.2, -0.15) is 9.97 Å². The van der Waals surface area contributed by atoms with Crippen LogP contribution in [-0.4, -0.2) is 142 Å². The van der Waals surface area contributed by atoms with Gasteiger partial charge in [0.2, 0.25) is 17.7 Å². The van der Waals surface area contributed by atoms with Crippen molar-refractivity contribution in [1.29, 1.82) is 0 Å². The Morgan fingerprint density at radius 2 is 1.63 bits per heavy atom. The quantitative estimate of drug-likeness (QED) is 0.0435. The highest BCUT2D eigenvalue weighted by Gasteiger charge is 2.47. The first-order valence-electron chi connectivity index (χ1n) is 28.6. The first-order valence-corrected chi connectivity index (χ1v) is 28.6. The molecule has 6 aromatic rings. The fourth-order valence-corrected chi connectivity index (χ4v) is 12.5. The minimum atomic E-state index is -1.02. The molecular formula is C63H69F4N9O7. The number of piperazine rings is 1. The molecule has 436 valence electrons. The van der Waals surface area contributed by atoms with Gasteiger partial charge >= 0.3 is 6.01 Å². The van der Waals surface area contributed by atoms with Crippen LogP contribution < -0.4 is 25.6 Å². The number of aliphatic hydroxyl groups is 1. The van der Waals surface area contributed by atoms with Crippen LogP contribution in [0.25, 0.3) is 44.1 Å². The number of piperidine rings is 1. The van der Waals surface area contributed by atoms with E-state index in [1.165, 1.54) is 53.6 Å². The molecule has 5 fully saturated rings. The number of phenols is 1. The van der Waals surface area contributed by atoms with Gasteiger partial charge in [0.05, 0.1) is 48.0 Å². The summed E-state index contributed by atoms with van der Waals surface area (Å²) in [5.74, 6) is -1.44. The Labute approximate surface area is 479 Å². The first-order chi connectivity index (χ1) is 39.7. The Morgan fingerprint density at radius 3 is 2.30 bits per heavy atom. The van der Waals surface area contributed by atoms with Gasteiger partial charge in [-0.25, -0.2) is 17.6 Å². The molecule has 2 aromatic heterocycles. The molecule has 6 heterocycles. The number of nitrogens with one attached hydrogen (secondary N) is 3. The average Bonchev–Trinajstić information content (AvgIpc) is 3.98. The van der Waals surface area contributed by atoms with Crippen LogP contribution in [0.2, 0.25) is 0 Å². The molecule has 83 heavy (non-hydrogen) atoms. The lowest BCUT2D eigenvalue weighted by Crippen LogP contribution is -2.58. The van der Waals surface area contributed by atoms with Crippen LogP contribution in [0.1, 0.15) is 96.2 Å². The van der Waals surface area contributed by atoms with Crippen molar-refractivity contribution in [2.24, 2.45) is 10.8 Å². The molecule has 2 unspecified atom stereocenters. The summed E-state index contributed by atoms with van der Waals surface area (Å²) in [5.41, 5.74) is -0.183. The van der Waals surface area contributed by atoms with E-state index in [0.717, 1.165) is 58.2 Å². The zero-order valence-electron chi connectivity index (χ0n) is 47.0. The van der Waals surface area contributed by atoms with Crippen molar-refractivity contribution >= 4 is 45.2 Å². The average molecular weight is 1140 g/mol. The molecule has 4 aliphatic heterocycles. The minimum absolute atomic E-state index is 0.00243. The summed E-state index contributed by atoms with van der Waals surface area (Å²) < 4.78 is 73.8. The van der Waals surface area contributed by atoms with Crippen molar-refractivity contribution in [3.05, 3.63) is 107 Å². The number of amides is 3. The Bertz CT molecular complexity index is 3480. The number of pyridine rings is 1. The maximum Gasteiger partial charge on any atom is 0.319 e. The molecule has 1 aliphatic carbocycles. The summed E-state index contributed by atoms with van der Waals surface area (Å²) in [4.78, 5) is 61.6. The standard InChI is InChI=1S/C63H69F4N9O7/c1-6-44-47(64)17-14-38-26-41(77)27-45(52(38)44)55-54(67)56-46(29-68-55)58(75-30-39-15-16-40(31-75)70-39)73-61(72-56)83-34-63(21-22-63)33-74-23-18-43(19-24-74)82-25-20-51(79)71-57(62(3,4)5)60(81)76-32-42(78)28-50(76)59(80)69-35(2)36-10-12-37(13-11-36)53-48(65)8-7-9-49(53)66/h1,7-14,17,26-27,29,35,39-40,42-43,50,57,70,77-78H,15-16,18-25,28,30-34H2,2-5H3,(H,69,80)(H,71,79)/t35-,39?,40?,42+,50-,57+/m0/s1. The molecule has 3 amide bonds. The highest BCUT2D eigenvalue weighted by molar-refractivity contribution is 6.03. The van der Waals surface area contributed by atoms with Crippen molar-refractivity contribution in [2.75, 3.05) is 57.4 Å². The smallest absolute Gasteiger partial charge is 0.319 e. The highest BCUT2D eigenvalue weighted by Crippen LogP contribution is 2.47. The van der Waals surface area contributed by atoms with E-state index in [4.69, 9.17) is 20.9 Å². The van der Waals surface area contributed by atoms with E-state index in [-0.39, 0.29) is 101 Å². The molecule has 2 bridgehead atoms. The molecule has 1 saturated carbocycles. The summed E-state index contributed by atoms with van der Waals surface area (Å²) in [7, 11) is 0. The van der Waals surface area contributed by atoms with Gasteiger partial charge in [-0.15, -0.1) is 6.42 Å². The molecule has 5 N–H and O–H groups in total. The summed E-state index contributed by atoms with van der Waals surface area (Å²) in [6.07, 6.45) is 11.6. The van der Waals surface area contributed by atoms with E-state index < -0.39 is 64.7 Å². The fourth-order valence-electron chi connectivity index (χ4n) is 12.5. The Kier molecular flexibility index (Phi) is 16.1. The number of benzene rings is 4. The largest absolute Gasteiger partial charge is 0.508 e. The third-order valence-corrected chi connectivity index (χ3v) is 17.2. The lowest BCUT2D eigenvalue weighted by Gasteiger charge is -2.36. The SMILES string of the molecule is C#Cc1c(F)ccc2cc(O)cc(-c3ncc4c(N5CC6CCC(C5)N6)nc(OCC5(CN6CCC(OCCC(=O)N[C@H](C(=O)N7C[C@H](O)C[C@H]7C(=O)N[C@@H](C)c7ccc(-c8c(F)cccc8F)cc7)C(C)(C)C)CC6)CC5)nc4c3F)c12. The maximum atomic E-state index is 17.2. The zero-order chi connectivity index (χ0) is 58.5. The number of fused-ring (bicyclic) bond motifs is 4. The lowest BCUT2D eigenvalue weighted by molar-refractivity contribution is -0.144. The number of nitrogens with zero attached hydrogens (tertiary/aromatic N) is 6. The van der Waals surface area contributed by atoms with E-state index >= 15 is 8.78 Å². The van der Waals surface area contributed by atoms with Gasteiger partial charge in [0, 0.05) is 86.8 Å². The predicted octanol–water partition coefficient (Wildman–Crippen LogP) is 8.10. The number of anilines is 1. The van der Waals surface area contributed by atoms with Crippen molar-refractivity contribution in [3.8, 4) is 46.5 Å². The van der Waals surface area contributed by atoms with Crippen LogP contribution >= 0.6 is 0 Å². The zero-order valence-corrected chi connectivity index (χ0v) is 47.0. The second-order valence-electron chi connectivity index (χ2n) is 24.3. The molecule has 6 atom stereocenters. The highest BCUT2D eigenvalue weighted by atomic mass is 19.1. The number of carbonyl (C=O) groups is 3. The molecule has 4 aromatic carbocycles. The molecule has 4 saturated heterocycles. The van der Waals surface area contributed by atoms with Gasteiger partial charge < -0.3 is 50.3 Å². The second kappa shape index (κ2) is 23.3. The monoisotopic (exact) mass is 1140 g/mol. The number of ether oxygens (including phenoxy) is 2. The van der Waals surface area contributed by atoms with E-state index in [0.29, 0.717) is 47.4 Å². The topological polar surface area (TPSA) is 195 Å². The Morgan fingerprint density at radius 1 is 0.916 bits per heavy atom. The minimum Gasteiger partial charge on any atom is -0.508 e. The molecular weight excluding hydrogens is 1070 g/mol. The van der Waals surface area contributed by atoms with Gasteiger partial charge in [0.25, 0.3) is 0 Å². The summed E-state index contributed by atoms with van der Waals surface area (Å²) >= 11 is 0. The van der Waals surface area contributed by atoms with Gasteiger partial charge in [0.1, 0.15) is 52.3 Å². The number of aliphatic hydroxyl groups excluding tert-OH is 1. The third kappa shape index (κ3) is 12.2. The Hall–Kier alpha value is -7.44. The van der Waals surface area contributed by atoms with Gasteiger partial charge in [-0.05, 0) is 97.7 Å². The van der Waals surface area contributed by atoms with Crippen LogP contribution in [0, 0.1) is 46.4 Å². The Balaban J connectivity index is 0.684. The summed E-state index contributed by atoms with van der Waals surface area (Å²) in [6, 6.07) is 13.6. The molecule has 11 rings (SSSR count). The van der Waals surface area contributed by atoms with Crippen molar-refractivity contribution in [1.82, 2.24) is 40.7 Å². The number of hydrogen-bond acceptors (Lipinski definition) is 13. The number of β-amino-alcohol motifs (C(OH)–C–C–N with tert-alkyl or cyclic N) is 1. The number of carbonyl (C=O) groups excluding carboxylic acids is 3. The van der Waals surface area contributed by atoms with Crippen molar-refractivity contribution in [2.45, 2.75) is 121 Å². The van der Waals surface area contributed by atoms with Gasteiger partial charge in [-0.1, -0.05) is 63.1 Å². The molecule has 16 nitrogen and oxygen atoms in total. The number of likely N-dealkylation sites (tertiary alicyclic amines) is 2. The summed E-state index contributed by atoms with van der Waals surface area (Å²) in [5, 5.41) is 32.0. The second-order valence-corrected chi connectivity index (χ2v) is 24.3. The molecule has 0 spiro atoms. The number of phenolic OH excluding ortho intramolecular Hbond substituents is 1. The lowest BCUT2D eigenvalue weighted by atomic mass is 9.85. The van der Waals surface area contributed by atoms with E-state index in [2.05, 4.69) is 41.6 Å². The van der Waals surface area contributed by atoms with Crippen LogP contribution in [0.15, 0.2) is 72.9 Å². The number of rotatable bonds is 17. The van der Waals surface area contributed by atoms with Crippen LogP contribution in [-0.2, 0) is 19.1 Å². The number of halogens is 4. The van der Waals surface area contributed by atoms with E-state index in [1.54, 1.807) is 31.2 Å². The van der Waals surface area contributed by atoms with E-state index in [9.17, 15) is 33.4 Å². The number of terminal acetylenes is 1. The fraction of sp³-hybridized carbons (Fsp3) is 0.460. The number of hydrogen-bond donors (Lipinski definition) is 5. The predicted molar refractivity (Wildman–Crippen MR) is 305 cm³/mol. The molecule has 20 heteroatoms. The number of aromatic nitrogens is 3. The van der Waals surface area contributed by atoms with Crippen LogP contribution in [0.5, 0.6) is 11.8 Å². The van der Waals surface area contributed by atoms with Crippen LogP contribution in [0.4, 0.5) is 23.4 Å². The third-order valence-electron chi connectivity index (χ3n) is 17.2. The molecule has 0 radical (unpaired) electrons. The van der Waals surface area contributed by atoms with E-state index in [1.807, 2.05) is 20.8 Å². The van der Waals surface area contributed by atoms with Gasteiger partial charge in [-0.3, -0.25) is 19.4 Å². The number of aromatic hydroxyl groups is 1. The van der Waals surface area contributed by atoms with Crippen molar-refractivity contribution in [3.63, 3.8) is 0 Å². The molecule has 5 aliphatic rings. The van der Waals surface area contributed by atoms with Crippen molar-refractivity contribution < 1.29 is 51.6 Å². The normalized spacial score (nSPS) is 21.4. The van der Waals surface area contributed by atoms with Gasteiger partial charge in [0.15, 0.2) is 5.82 Å².